The van der Waals surface area contributed by atoms with E-state index in [1.165, 1.54) is 6.20 Å². The van der Waals surface area contributed by atoms with E-state index in [1.807, 2.05) is 13.8 Å². The number of nitrogens with two attached hydrogens (primary N) is 1. The second kappa shape index (κ2) is 10.1. The molecular weight excluding hydrogens is 442 g/mol. The second-order valence-electron chi connectivity index (χ2n) is 6.48. The zero-order valence-corrected chi connectivity index (χ0v) is 18.3. The lowest BCUT2D eigenvalue weighted by molar-refractivity contribution is 0.0492. The Kier molecular flexibility index (Phi) is 7.83. The highest BCUT2D eigenvalue weighted by Gasteiger charge is 2.20. The molecule has 0 spiro atoms. The molecule has 29 heavy (non-hydrogen) atoms. The van der Waals surface area contributed by atoms with Crippen LogP contribution in [-0.2, 0) is 9.47 Å². The number of ether oxygens (including phenoxy) is 2. The number of anilines is 1. The van der Waals surface area contributed by atoms with Crippen LogP contribution in [0.25, 0.3) is 11.0 Å². The van der Waals surface area contributed by atoms with Gasteiger partial charge in [-0.3, -0.25) is 10.3 Å². The van der Waals surface area contributed by atoms with Crippen molar-refractivity contribution in [3.63, 3.8) is 0 Å². The maximum absolute atomic E-state index is 12.1. The topological polar surface area (TPSA) is 116 Å². The number of hydrogen-bond donors (Lipinski definition) is 2. The van der Waals surface area contributed by atoms with E-state index in [1.54, 1.807) is 32.2 Å². The zero-order valence-electron chi connectivity index (χ0n) is 16.7. The summed E-state index contributed by atoms with van der Waals surface area (Å²) in [5.41, 5.74) is 7.51. The fraction of sp³-hybridized carbons (Fsp3) is 0.350. The number of esters is 1. The van der Waals surface area contributed by atoms with Crippen molar-refractivity contribution < 1.29 is 23.5 Å². The fourth-order valence-corrected chi connectivity index (χ4v) is 2.93. The van der Waals surface area contributed by atoms with Gasteiger partial charge in [0.25, 0.3) is 0 Å². The number of hydrogen-bond acceptors (Lipinski definition) is 7. The molecule has 0 bridgehead atoms. The minimum Gasteiger partial charge on any atom is -0.460 e. The van der Waals surface area contributed by atoms with Crippen LogP contribution in [0.1, 0.15) is 36.9 Å². The van der Waals surface area contributed by atoms with Gasteiger partial charge in [0.2, 0.25) is 5.76 Å². The van der Waals surface area contributed by atoms with E-state index in [4.69, 9.17) is 19.6 Å². The van der Waals surface area contributed by atoms with Crippen molar-refractivity contribution in [2.24, 2.45) is 16.6 Å². The van der Waals surface area contributed by atoms with E-state index in [9.17, 15) is 9.59 Å². The lowest BCUT2D eigenvalue weighted by Crippen LogP contribution is -2.17. The molecule has 0 atom stereocenters. The van der Waals surface area contributed by atoms with Gasteiger partial charge in [-0.1, -0.05) is 13.8 Å². The number of furan rings is 1. The lowest BCUT2D eigenvalue weighted by atomic mass is 10.1. The van der Waals surface area contributed by atoms with E-state index < -0.39 is 12.1 Å². The number of benzene rings is 1. The van der Waals surface area contributed by atoms with Gasteiger partial charge in [0.15, 0.2) is 0 Å². The first-order chi connectivity index (χ1) is 13.8. The summed E-state index contributed by atoms with van der Waals surface area (Å²) >= 11 is 3.36. The number of halogens is 1. The third kappa shape index (κ3) is 5.60. The molecule has 0 unspecified atom stereocenters. The monoisotopic (exact) mass is 465 g/mol. The van der Waals surface area contributed by atoms with Crippen molar-refractivity contribution >= 4 is 50.4 Å². The molecule has 9 heteroatoms. The van der Waals surface area contributed by atoms with Crippen LogP contribution in [0.4, 0.5) is 10.5 Å². The van der Waals surface area contributed by atoms with E-state index in [2.05, 4.69) is 26.2 Å². The van der Waals surface area contributed by atoms with Crippen molar-refractivity contribution in [1.82, 2.24) is 0 Å². The number of carbonyl (C=O) groups is 2. The SMILES string of the molecule is CCOC(=O)c1cc2cc(NC(=O)OCC(C)C)cc(C(=NC)C(Br)=CN)c2o1. The van der Waals surface area contributed by atoms with Gasteiger partial charge in [-0.25, -0.2) is 9.59 Å². The maximum atomic E-state index is 12.1. The van der Waals surface area contributed by atoms with Crippen LogP contribution in [0, 0.1) is 5.92 Å². The molecule has 2 aromatic rings. The van der Waals surface area contributed by atoms with Crippen LogP contribution in [0.5, 0.6) is 0 Å². The number of nitrogens with zero attached hydrogens (tertiary/aromatic N) is 1. The first kappa shape index (κ1) is 22.5. The van der Waals surface area contributed by atoms with E-state index >= 15 is 0 Å². The van der Waals surface area contributed by atoms with Gasteiger partial charge in [-0.2, -0.15) is 0 Å². The normalized spacial score (nSPS) is 12.3. The van der Waals surface area contributed by atoms with Crippen LogP contribution in [0.15, 0.2) is 38.3 Å². The molecule has 1 aromatic heterocycles. The average molecular weight is 466 g/mol. The number of fused-ring (bicyclic) bond motifs is 1. The molecule has 8 nitrogen and oxygen atoms in total. The van der Waals surface area contributed by atoms with Crippen LogP contribution < -0.4 is 11.1 Å². The lowest BCUT2D eigenvalue weighted by Gasteiger charge is -2.11. The summed E-state index contributed by atoms with van der Waals surface area (Å²) in [6.07, 6.45) is 0.766. The highest BCUT2D eigenvalue weighted by molar-refractivity contribution is 9.12. The van der Waals surface area contributed by atoms with Gasteiger partial charge in [-0.05, 0) is 47.0 Å². The summed E-state index contributed by atoms with van der Waals surface area (Å²) in [5, 5.41) is 3.28. The summed E-state index contributed by atoms with van der Waals surface area (Å²) in [6, 6.07) is 4.90. The highest BCUT2D eigenvalue weighted by atomic mass is 79.9. The number of nitrogens with one attached hydrogen (secondary N) is 1. The Morgan fingerprint density at radius 2 is 2.03 bits per heavy atom. The third-order valence-electron chi connectivity index (χ3n) is 3.74. The maximum Gasteiger partial charge on any atom is 0.411 e. The first-order valence-electron chi connectivity index (χ1n) is 9.04. The summed E-state index contributed by atoms with van der Waals surface area (Å²) in [5.74, 6) is -0.320. The molecule has 0 saturated heterocycles. The standard InChI is InChI=1S/C20H24BrN3O5/c1-5-27-19(25)16-7-12-6-13(24-20(26)28-10-11(2)3)8-14(18(12)29-16)17(23-4)15(21)9-22/h6-9,11H,5,10,22H2,1-4H3,(H,24,26). The van der Waals surface area contributed by atoms with E-state index in [-0.39, 0.29) is 18.3 Å². The highest BCUT2D eigenvalue weighted by Crippen LogP contribution is 2.31. The molecule has 0 aliphatic heterocycles. The number of aliphatic imine (C=N–C) groups is 1. The van der Waals surface area contributed by atoms with E-state index in [0.717, 1.165) is 0 Å². The number of carbonyl (C=O) groups excluding carboxylic acids is 2. The Labute approximate surface area is 177 Å². The van der Waals surface area contributed by atoms with Crippen LogP contribution in [0.3, 0.4) is 0 Å². The molecule has 2 rings (SSSR count). The third-order valence-corrected chi connectivity index (χ3v) is 4.38. The molecule has 0 saturated carbocycles. The Hall–Kier alpha value is -2.81. The molecule has 1 amide bonds. The Morgan fingerprint density at radius 3 is 2.62 bits per heavy atom. The van der Waals surface area contributed by atoms with Crippen molar-refractivity contribution in [2.75, 3.05) is 25.6 Å². The van der Waals surface area contributed by atoms with Crippen molar-refractivity contribution in [1.29, 1.82) is 0 Å². The van der Waals surface area contributed by atoms with Gasteiger partial charge < -0.3 is 19.6 Å². The molecule has 1 aromatic carbocycles. The number of rotatable bonds is 7. The van der Waals surface area contributed by atoms with Gasteiger partial charge in [0, 0.05) is 29.9 Å². The van der Waals surface area contributed by atoms with Crippen molar-refractivity contribution in [3.05, 3.63) is 40.2 Å². The Balaban J connectivity index is 2.54. The fourth-order valence-electron chi connectivity index (χ4n) is 2.54. The Morgan fingerprint density at radius 1 is 1.31 bits per heavy atom. The smallest absolute Gasteiger partial charge is 0.411 e. The quantitative estimate of drug-likeness (QED) is 0.461. The summed E-state index contributed by atoms with van der Waals surface area (Å²) in [7, 11) is 1.60. The van der Waals surface area contributed by atoms with E-state index in [0.29, 0.717) is 39.0 Å². The predicted molar refractivity (Wildman–Crippen MR) is 116 cm³/mol. The zero-order chi connectivity index (χ0) is 21.6. The van der Waals surface area contributed by atoms with Gasteiger partial charge >= 0.3 is 12.1 Å². The van der Waals surface area contributed by atoms with Gasteiger partial charge in [-0.15, -0.1) is 0 Å². The first-order valence-corrected chi connectivity index (χ1v) is 9.83. The van der Waals surface area contributed by atoms with Crippen LogP contribution in [-0.4, -0.2) is 38.0 Å². The second-order valence-corrected chi connectivity index (χ2v) is 7.33. The van der Waals surface area contributed by atoms with Crippen molar-refractivity contribution in [2.45, 2.75) is 20.8 Å². The van der Waals surface area contributed by atoms with Crippen molar-refractivity contribution in [3.8, 4) is 0 Å². The Bertz CT molecular complexity index is 962. The van der Waals surface area contributed by atoms with Crippen LogP contribution >= 0.6 is 15.9 Å². The molecule has 1 heterocycles. The predicted octanol–water partition coefficient (Wildman–Crippen LogP) is 4.43. The summed E-state index contributed by atoms with van der Waals surface area (Å²) in [4.78, 5) is 28.4. The summed E-state index contributed by atoms with van der Waals surface area (Å²) < 4.78 is 16.4. The van der Waals surface area contributed by atoms with Gasteiger partial charge in [0.05, 0.1) is 23.4 Å². The number of allylic oxidation sites excluding steroid dienone is 1. The molecule has 0 fully saturated rings. The molecular formula is C20H24BrN3O5. The number of amides is 1. The molecule has 0 radical (unpaired) electrons. The van der Waals surface area contributed by atoms with Crippen LogP contribution in [0.2, 0.25) is 0 Å². The molecule has 156 valence electrons. The minimum atomic E-state index is -0.582. The largest absolute Gasteiger partial charge is 0.460 e. The molecule has 0 aliphatic rings. The molecule has 0 aliphatic carbocycles. The van der Waals surface area contributed by atoms with Gasteiger partial charge in [0.1, 0.15) is 5.58 Å². The summed E-state index contributed by atoms with van der Waals surface area (Å²) in [6.45, 7) is 6.12. The minimum absolute atomic E-state index is 0.0472. The average Bonchev–Trinajstić information content (AvgIpc) is 3.11. The molecule has 3 N–H and O–H groups in total.